The third-order valence-electron chi connectivity index (χ3n) is 5.91. The highest BCUT2D eigenvalue weighted by molar-refractivity contribution is 5.76. The number of fused-ring (bicyclic) bond motifs is 1. The van der Waals surface area contributed by atoms with E-state index in [1.54, 1.807) is 57.6 Å². The molecule has 2 heterocycles. The van der Waals surface area contributed by atoms with E-state index in [-0.39, 0.29) is 18.0 Å². The summed E-state index contributed by atoms with van der Waals surface area (Å²) in [6.45, 7) is 0.799. The van der Waals surface area contributed by atoms with Gasteiger partial charge in [0.2, 0.25) is 5.91 Å². The smallest absolute Gasteiger partial charge is 0.267 e. The molecule has 1 aromatic heterocycles. The minimum Gasteiger partial charge on any atom is -0.497 e. The molecule has 0 fully saturated rings. The third-order valence-corrected chi connectivity index (χ3v) is 5.91. The molecule has 1 aliphatic rings. The van der Waals surface area contributed by atoms with E-state index in [1.165, 1.54) is 10.7 Å². The van der Waals surface area contributed by atoms with Crippen LogP contribution >= 0.6 is 0 Å². The molecule has 0 bridgehead atoms. The molecule has 4 rings (SSSR count). The van der Waals surface area contributed by atoms with Gasteiger partial charge in [-0.1, -0.05) is 0 Å². The zero-order valence-corrected chi connectivity index (χ0v) is 19.7. The van der Waals surface area contributed by atoms with E-state index in [2.05, 4.69) is 5.10 Å². The minimum atomic E-state index is -0.359. The Balaban J connectivity index is 1.57. The average molecular weight is 466 g/mol. The van der Waals surface area contributed by atoms with Crippen LogP contribution in [-0.2, 0) is 24.3 Å². The van der Waals surface area contributed by atoms with Crippen molar-refractivity contribution < 1.29 is 23.7 Å². The van der Waals surface area contributed by atoms with E-state index >= 15 is 0 Å². The molecule has 0 spiro atoms. The Morgan fingerprint density at radius 2 is 1.59 bits per heavy atom. The molecule has 0 aliphatic carbocycles. The van der Waals surface area contributed by atoms with Gasteiger partial charge in [-0.25, -0.2) is 4.68 Å². The largest absolute Gasteiger partial charge is 0.497 e. The Labute approximate surface area is 197 Å². The van der Waals surface area contributed by atoms with Gasteiger partial charge in [-0.2, -0.15) is 5.10 Å². The first-order valence-corrected chi connectivity index (χ1v) is 10.8. The number of methoxy groups -OCH3 is 4. The zero-order valence-electron chi connectivity index (χ0n) is 19.7. The molecule has 3 aromatic rings. The molecular formula is C25H27N3O6. The topological polar surface area (TPSA) is 92.1 Å². The van der Waals surface area contributed by atoms with Crippen LogP contribution in [0.25, 0.3) is 11.3 Å². The molecule has 9 nitrogen and oxygen atoms in total. The molecule has 0 unspecified atom stereocenters. The standard InChI is InChI=1S/C25H27N3O6/c1-31-18-5-7-21(32-2)19(13-18)20-6-8-24(29)28(26-20)15-25(30)27-10-9-16-11-22(33-3)23(34-4)12-17(16)14-27/h5-8,11-13H,9-10,14-15H2,1-4H3. The van der Waals surface area contributed by atoms with Crippen LogP contribution in [-0.4, -0.2) is 55.6 Å². The van der Waals surface area contributed by atoms with Gasteiger partial charge in [-0.15, -0.1) is 0 Å². The molecule has 0 N–H and O–H groups in total. The predicted octanol–water partition coefficient (Wildman–Crippen LogP) is 2.53. The number of aromatic nitrogens is 2. The van der Waals surface area contributed by atoms with E-state index in [0.717, 1.165) is 11.1 Å². The van der Waals surface area contributed by atoms with Crippen molar-refractivity contribution >= 4 is 5.91 Å². The van der Waals surface area contributed by atoms with Crippen LogP contribution in [0.5, 0.6) is 23.0 Å². The number of benzene rings is 2. The summed E-state index contributed by atoms with van der Waals surface area (Å²) >= 11 is 0. The highest BCUT2D eigenvalue weighted by atomic mass is 16.5. The van der Waals surface area contributed by atoms with Crippen molar-refractivity contribution in [3.8, 4) is 34.3 Å². The van der Waals surface area contributed by atoms with E-state index in [4.69, 9.17) is 18.9 Å². The number of nitrogens with zero attached hydrogens (tertiary/aromatic N) is 3. The monoisotopic (exact) mass is 465 g/mol. The van der Waals surface area contributed by atoms with E-state index in [9.17, 15) is 9.59 Å². The van der Waals surface area contributed by atoms with Gasteiger partial charge in [-0.3, -0.25) is 9.59 Å². The summed E-state index contributed by atoms with van der Waals surface area (Å²) in [5.41, 5.74) is 2.92. The van der Waals surface area contributed by atoms with Crippen molar-refractivity contribution in [2.45, 2.75) is 19.5 Å². The Morgan fingerprint density at radius 1 is 0.882 bits per heavy atom. The van der Waals surface area contributed by atoms with Crippen molar-refractivity contribution in [3.63, 3.8) is 0 Å². The van der Waals surface area contributed by atoms with Gasteiger partial charge in [0.15, 0.2) is 11.5 Å². The van der Waals surface area contributed by atoms with Crippen LogP contribution < -0.4 is 24.5 Å². The molecule has 0 saturated carbocycles. The summed E-state index contributed by atoms with van der Waals surface area (Å²) in [6, 6.07) is 12.2. The van der Waals surface area contributed by atoms with Crippen LogP contribution in [0.3, 0.4) is 0 Å². The van der Waals surface area contributed by atoms with Crippen LogP contribution in [0.4, 0.5) is 0 Å². The Morgan fingerprint density at radius 3 is 2.26 bits per heavy atom. The lowest BCUT2D eigenvalue weighted by Gasteiger charge is -2.29. The van der Waals surface area contributed by atoms with E-state index < -0.39 is 0 Å². The van der Waals surface area contributed by atoms with Crippen molar-refractivity contribution in [2.24, 2.45) is 0 Å². The highest BCUT2D eigenvalue weighted by Crippen LogP contribution is 2.34. The number of hydrogen-bond donors (Lipinski definition) is 0. The number of carbonyl (C=O) groups is 1. The van der Waals surface area contributed by atoms with Gasteiger partial charge in [0, 0.05) is 24.7 Å². The number of ether oxygens (including phenoxy) is 4. The molecule has 178 valence electrons. The van der Waals surface area contributed by atoms with Gasteiger partial charge in [0.05, 0.1) is 34.1 Å². The maximum Gasteiger partial charge on any atom is 0.267 e. The van der Waals surface area contributed by atoms with Gasteiger partial charge in [0.25, 0.3) is 5.56 Å². The van der Waals surface area contributed by atoms with Gasteiger partial charge < -0.3 is 23.8 Å². The molecule has 1 amide bonds. The fraction of sp³-hybridized carbons (Fsp3) is 0.320. The fourth-order valence-corrected chi connectivity index (χ4v) is 4.04. The summed E-state index contributed by atoms with van der Waals surface area (Å²) in [7, 11) is 6.31. The van der Waals surface area contributed by atoms with Crippen LogP contribution in [0.2, 0.25) is 0 Å². The third kappa shape index (κ3) is 4.54. The Kier molecular flexibility index (Phi) is 6.72. The first-order valence-electron chi connectivity index (χ1n) is 10.8. The summed E-state index contributed by atoms with van der Waals surface area (Å²) in [5, 5.41) is 4.44. The Hall–Kier alpha value is -4.01. The normalized spacial score (nSPS) is 12.6. The molecular weight excluding hydrogens is 438 g/mol. The van der Waals surface area contributed by atoms with Crippen LogP contribution in [0.15, 0.2) is 47.3 Å². The minimum absolute atomic E-state index is 0.165. The van der Waals surface area contributed by atoms with Gasteiger partial charge >= 0.3 is 0 Å². The lowest BCUT2D eigenvalue weighted by Crippen LogP contribution is -2.40. The SMILES string of the molecule is COc1ccc(OC)c(-c2ccc(=O)n(CC(=O)N3CCc4cc(OC)c(OC)cc4C3)n2)c1. The molecule has 2 aromatic carbocycles. The average Bonchev–Trinajstić information content (AvgIpc) is 2.88. The molecule has 0 saturated heterocycles. The van der Waals surface area contributed by atoms with Crippen molar-refractivity contribution in [1.29, 1.82) is 0 Å². The highest BCUT2D eigenvalue weighted by Gasteiger charge is 2.24. The quantitative estimate of drug-likeness (QED) is 0.529. The number of carbonyl (C=O) groups excluding carboxylic acids is 1. The second-order valence-electron chi connectivity index (χ2n) is 7.82. The summed E-state index contributed by atoms with van der Waals surface area (Å²) in [5.74, 6) is 2.31. The summed E-state index contributed by atoms with van der Waals surface area (Å²) in [4.78, 5) is 27.3. The summed E-state index contributed by atoms with van der Waals surface area (Å²) < 4.78 is 22.7. The van der Waals surface area contributed by atoms with Gasteiger partial charge in [-0.05, 0) is 53.9 Å². The molecule has 1 aliphatic heterocycles. The lowest BCUT2D eigenvalue weighted by atomic mass is 9.98. The molecule has 9 heteroatoms. The first-order chi connectivity index (χ1) is 16.5. The predicted molar refractivity (Wildman–Crippen MR) is 126 cm³/mol. The number of hydrogen-bond acceptors (Lipinski definition) is 7. The summed E-state index contributed by atoms with van der Waals surface area (Å²) in [6.07, 6.45) is 0.685. The number of rotatable bonds is 7. The second-order valence-corrected chi connectivity index (χ2v) is 7.82. The van der Waals surface area contributed by atoms with E-state index in [0.29, 0.717) is 53.8 Å². The number of amides is 1. The van der Waals surface area contributed by atoms with Crippen molar-refractivity contribution in [1.82, 2.24) is 14.7 Å². The second kappa shape index (κ2) is 9.86. The first kappa shape index (κ1) is 23.2. The van der Waals surface area contributed by atoms with Crippen molar-refractivity contribution in [2.75, 3.05) is 35.0 Å². The zero-order chi connectivity index (χ0) is 24.2. The fourth-order valence-electron chi connectivity index (χ4n) is 4.04. The molecule has 0 atom stereocenters. The maximum atomic E-state index is 13.1. The van der Waals surface area contributed by atoms with Crippen molar-refractivity contribution in [3.05, 3.63) is 63.9 Å². The van der Waals surface area contributed by atoms with Gasteiger partial charge in [0.1, 0.15) is 18.0 Å². The maximum absolute atomic E-state index is 13.1. The van der Waals surface area contributed by atoms with Crippen LogP contribution in [0, 0.1) is 0 Å². The molecule has 0 radical (unpaired) electrons. The lowest BCUT2D eigenvalue weighted by molar-refractivity contribution is -0.133. The van der Waals surface area contributed by atoms with E-state index in [1.807, 2.05) is 12.1 Å². The Bertz CT molecular complexity index is 1270. The van der Waals surface area contributed by atoms with Crippen LogP contribution in [0.1, 0.15) is 11.1 Å². The molecule has 34 heavy (non-hydrogen) atoms.